The van der Waals surface area contributed by atoms with Gasteiger partial charge in [-0.1, -0.05) is 11.6 Å². The highest BCUT2D eigenvalue weighted by Gasteiger charge is 2.14. The molecule has 0 amide bonds. The molecule has 100 valence electrons. The fourth-order valence-electron chi connectivity index (χ4n) is 1.47. The van der Waals surface area contributed by atoms with E-state index in [-0.39, 0.29) is 16.7 Å². The highest BCUT2D eigenvalue weighted by molar-refractivity contribution is 6.30. The van der Waals surface area contributed by atoms with Crippen LogP contribution in [0.15, 0.2) is 12.1 Å². The van der Waals surface area contributed by atoms with Crippen LogP contribution < -0.4 is 5.32 Å². The Bertz CT molecular complexity index is 647. The van der Waals surface area contributed by atoms with E-state index in [0.29, 0.717) is 17.2 Å². The molecule has 0 aliphatic carbocycles. The van der Waals surface area contributed by atoms with Crippen molar-refractivity contribution in [3.63, 3.8) is 0 Å². The van der Waals surface area contributed by atoms with Crippen LogP contribution >= 0.6 is 11.6 Å². The van der Waals surface area contributed by atoms with Gasteiger partial charge in [-0.05, 0) is 25.0 Å². The molecule has 1 aromatic heterocycles. The summed E-state index contributed by atoms with van der Waals surface area (Å²) in [6, 6.07) is 1.30. The van der Waals surface area contributed by atoms with Crippen LogP contribution in [0.5, 0.6) is 0 Å². The first-order valence-electron chi connectivity index (χ1n) is 5.31. The average Bonchev–Trinajstić information content (AvgIpc) is 2.36. The Morgan fingerprint density at radius 2 is 1.74 bits per heavy atom. The third-order valence-corrected chi connectivity index (χ3v) is 3.07. The number of hydrogen-bond acceptors (Lipinski definition) is 3. The number of benzene rings is 1. The molecule has 0 aliphatic rings. The molecule has 1 aromatic carbocycles. The summed E-state index contributed by atoms with van der Waals surface area (Å²) in [7, 11) is 0. The van der Waals surface area contributed by atoms with E-state index < -0.39 is 17.5 Å². The van der Waals surface area contributed by atoms with Gasteiger partial charge in [0.1, 0.15) is 5.82 Å². The first-order chi connectivity index (χ1) is 8.90. The number of nitrogens with zero attached hydrogens (tertiary/aromatic N) is 2. The second-order valence-electron chi connectivity index (χ2n) is 3.96. The van der Waals surface area contributed by atoms with Crippen molar-refractivity contribution in [2.45, 2.75) is 13.8 Å². The number of anilines is 2. The van der Waals surface area contributed by atoms with Crippen LogP contribution in [-0.4, -0.2) is 10.2 Å². The van der Waals surface area contributed by atoms with Crippen LogP contribution in [0.2, 0.25) is 5.15 Å². The van der Waals surface area contributed by atoms with E-state index in [0.717, 1.165) is 6.07 Å². The first-order valence-corrected chi connectivity index (χ1v) is 5.69. The van der Waals surface area contributed by atoms with Crippen LogP contribution in [0, 0.1) is 31.3 Å². The average molecular weight is 288 g/mol. The van der Waals surface area contributed by atoms with Crippen molar-refractivity contribution in [3.05, 3.63) is 45.9 Å². The number of halogens is 4. The molecule has 19 heavy (non-hydrogen) atoms. The topological polar surface area (TPSA) is 37.8 Å². The molecule has 0 bridgehead atoms. The van der Waals surface area contributed by atoms with E-state index in [1.165, 1.54) is 0 Å². The summed E-state index contributed by atoms with van der Waals surface area (Å²) in [6.45, 7) is 3.39. The molecule has 1 N–H and O–H groups in total. The van der Waals surface area contributed by atoms with Gasteiger partial charge < -0.3 is 5.32 Å². The highest BCUT2D eigenvalue weighted by Crippen LogP contribution is 2.26. The molecule has 0 unspecified atom stereocenters. The van der Waals surface area contributed by atoms with Gasteiger partial charge in [0.15, 0.2) is 22.6 Å². The lowest BCUT2D eigenvalue weighted by atomic mass is 10.2. The Morgan fingerprint density at radius 1 is 1.05 bits per heavy atom. The number of aromatic nitrogens is 2. The highest BCUT2D eigenvalue weighted by atomic mass is 35.5. The van der Waals surface area contributed by atoms with Gasteiger partial charge >= 0.3 is 0 Å². The van der Waals surface area contributed by atoms with Gasteiger partial charge in [0.05, 0.1) is 5.69 Å². The molecule has 0 saturated heterocycles. The van der Waals surface area contributed by atoms with Gasteiger partial charge in [-0.2, -0.15) is 0 Å². The predicted octanol–water partition coefficient (Wildman–Crippen LogP) is 3.91. The summed E-state index contributed by atoms with van der Waals surface area (Å²) in [5.74, 6) is -3.17. The van der Waals surface area contributed by atoms with E-state index in [4.69, 9.17) is 11.6 Å². The van der Waals surface area contributed by atoms with Crippen LogP contribution in [0.3, 0.4) is 0 Å². The minimum Gasteiger partial charge on any atom is -0.336 e. The second-order valence-corrected chi connectivity index (χ2v) is 4.32. The van der Waals surface area contributed by atoms with E-state index in [1.807, 2.05) is 0 Å². The Balaban J connectivity index is 2.45. The van der Waals surface area contributed by atoms with Gasteiger partial charge in [-0.3, -0.25) is 0 Å². The van der Waals surface area contributed by atoms with E-state index in [9.17, 15) is 13.2 Å². The Morgan fingerprint density at radius 3 is 2.42 bits per heavy atom. The fourth-order valence-corrected chi connectivity index (χ4v) is 1.65. The largest absolute Gasteiger partial charge is 0.336 e. The van der Waals surface area contributed by atoms with Crippen molar-refractivity contribution < 1.29 is 13.2 Å². The summed E-state index contributed by atoms with van der Waals surface area (Å²) in [6.07, 6.45) is 0. The van der Waals surface area contributed by atoms with Gasteiger partial charge in [0, 0.05) is 12.1 Å². The van der Waals surface area contributed by atoms with Crippen molar-refractivity contribution in [2.75, 3.05) is 5.32 Å². The molecular formula is C12H9ClF3N3. The predicted molar refractivity (Wildman–Crippen MR) is 66.1 cm³/mol. The molecule has 0 saturated carbocycles. The van der Waals surface area contributed by atoms with Crippen LogP contribution in [0.1, 0.15) is 11.1 Å². The Labute approximate surface area is 112 Å². The summed E-state index contributed by atoms with van der Waals surface area (Å²) in [5, 5.41) is 10.1. The summed E-state index contributed by atoms with van der Waals surface area (Å²) in [4.78, 5) is 0. The van der Waals surface area contributed by atoms with Gasteiger partial charge in [-0.25, -0.2) is 13.2 Å². The standard InChI is InChI=1S/C12H9ClF3N3/c1-5-6(2)12(19-18-11(5)13)17-9-4-7(14)3-8(15)10(9)16/h3-4H,1-2H3,(H,17,19). The van der Waals surface area contributed by atoms with Crippen LogP contribution in [-0.2, 0) is 0 Å². The first kappa shape index (κ1) is 13.6. The zero-order valence-corrected chi connectivity index (χ0v) is 10.8. The molecule has 7 heteroatoms. The molecule has 0 spiro atoms. The maximum absolute atomic E-state index is 13.5. The molecule has 2 rings (SSSR count). The third kappa shape index (κ3) is 2.63. The number of hydrogen-bond donors (Lipinski definition) is 1. The minimum absolute atomic E-state index is 0.186. The molecule has 2 aromatic rings. The summed E-state index contributed by atoms with van der Waals surface area (Å²) in [5.41, 5.74) is 0.914. The van der Waals surface area contributed by atoms with Gasteiger partial charge in [0.2, 0.25) is 0 Å². The lowest BCUT2D eigenvalue weighted by molar-refractivity contribution is 0.498. The van der Waals surface area contributed by atoms with Crippen molar-refractivity contribution >= 4 is 23.1 Å². The maximum Gasteiger partial charge on any atom is 0.182 e. The quantitative estimate of drug-likeness (QED) is 0.851. The monoisotopic (exact) mass is 287 g/mol. The SMILES string of the molecule is Cc1c(Cl)nnc(Nc2cc(F)cc(F)c2F)c1C. The van der Waals surface area contributed by atoms with E-state index in [2.05, 4.69) is 15.5 Å². The molecule has 0 fully saturated rings. The maximum atomic E-state index is 13.5. The van der Waals surface area contributed by atoms with Crippen molar-refractivity contribution in [1.82, 2.24) is 10.2 Å². The third-order valence-electron chi connectivity index (χ3n) is 2.71. The van der Waals surface area contributed by atoms with Crippen molar-refractivity contribution in [3.8, 4) is 0 Å². The van der Waals surface area contributed by atoms with Crippen molar-refractivity contribution in [1.29, 1.82) is 0 Å². The summed E-state index contributed by atoms with van der Waals surface area (Å²) < 4.78 is 39.6. The van der Waals surface area contributed by atoms with Crippen LogP contribution in [0.4, 0.5) is 24.7 Å². The Hall–Kier alpha value is -1.82. The molecule has 0 aliphatic heterocycles. The van der Waals surface area contributed by atoms with Crippen molar-refractivity contribution in [2.24, 2.45) is 0 Å². The zero-order valence-electron chi connectivity index (χ0n) is 10.1. The fraction of sp³-hybridized carbons (Fsp3) is 0.167. The number of nitrogens with one attached hydrogen (secondary N) is 1. The van der Waals surface area contributed by atoms with E-state index in [1.54, 1.807) is 13.8 Å². The molecule has 0 radical (unpaired) electrons. The smallest absolute Gasteiger partial charge is 0.182 e. The molecule has 1 heterocycles. The van der Waals surface area contributed by atoms with Gasteiger partial charge in [0.25, 0.3) is 0 Å². The lowest BCUT2D eigenvalue weighted by Gasteiger charge is -2.11. The molecular weight excluding hydrogens is 279 g/mol. The van der Waals surface area contributed by atoms with E-state index >= 15 is 0 Å². The van der Waals surface area contributed by atoms with Gasteiger partial charge in [-0.15, -0.1) is 10.2 Å². The minimum atomic E-state index is -1.28. The zero-order chi connectivity index (χ0) is 14.2. The second kappa shape index (κ2) is 5.05. The normalized spacial score (nSPS) is 10.6. The summed E-state index contributed by atoms with van der Waals surface area (Å²) >= 11 is 5.78. The Kier molecular flexibility index (Phi) is 3.61. The molecule has 0 atom stereocenters. The van der Waals surface area contributed by atoms with Crippen LogP contribution in [0.25, 0.3) is 0 Å². The molecule has 3 nitrogen and oxygen atoms in total. The lowest BCUT2D eigenvalue weighted by Crippen LogP contribution is -2.04. The number of rotatable bonds is 2.